The molecule has 60 valence electrons. The van der Waals surface area contributed by atoms with Crippen LogP contribution in [0.15, 0.2) is 12.7 Å². The number of rotatable bonds is 4. The summed E-state index contributed by atoms with van der Waals surface area (Å²) in [5.74, 6) is 0. The van der Waals surface area contributed by atoms with Crippen LogP contribution >= 0.6 is 0 Å². The van der Waals surface area contributed by atoms with Crippen LogP contribution in [0, 0.1) is 0 Å². The molecule has 0 aromatic carbocycles. The average molecular weight is 160 g/mol. The van der Waals surface area contributed by atoms with Gasteiger partial charge in [-0.3, -0.25) is 4.58 Å². The van der Waals surface area contributed by atoms with Crippen LogP contribution in [0.4, 0.5) is 0 Å². The minimum Gasteiger partial charge on any atom is -0.294 e. The maximum Gasteiger partial charge on any atom is 0.212 e. The molecule has 0 saturated carbocycles. The largest absolute Gasteiger partial charge is 0.294 e. The zero-order valence-corrected chi connectivity index (χ0v) is 8.43. The summed E-state index contributed by atoms with van der Waals surface area (Å²) in [5.41, 5.74) is -0.172. The van der Waals surface area contributed by atoms with Crippen LogP contribution < -0.4 is 0 Å². The Bertz CT molecular complexity index is 96.3. The highest BCUT2D eigenvalue weighted by atomic mass is 28.2. The normalized spacial score (nSPS) is 12.7. The van der Waals surface area contributed by atoms with Crippen LogP contribution in [0.1, 0.15) is 20.8 Å². The third-order valence-corrected chi connectivity index (χ3v) is 1.64. The molecule has 0 radical (unpaired) electrons. The van der Waals surface area contributed by atoms with E-state index < -0.39 is 9.76 Å². The Morgan fingerprint density at radius 3 is 2.50 bits per heavy atom. The molecule has 0 spiro atoms. The Kier molecular flexibility index (Phi) is 4.60. The van der Waals surface area contributed by atoms with Crippen LogP contribution in [0.2, 0.25) is 6.04 Å². The SMILES string of the molecule is C=CC[SiH2]OOC(C)(C)C. The number of hydrogen-bond donors (Lipinski definition) is 0. The van der Waals surface area contributed by atoms with Gasteiger partial charge in [0.15, 0.2) is 0 Å². The van der Waals surface area contributed by atoms with E-state index in [4.69, 9.17) is 9.46 Å². The molecular formula is C7H16O2Si. The van der Waals surface area contributed by atoms with Gasteiger partial charge in [0, 0.05) is 0 Å². The van der Waals surface area contributed by atoms with Crippen molar-refractivity contribution in [3.63, 3.8) is 0 Å². The van der Waals surface area contributed by atoms with Crippen LogP contribution in [0.25, 0.3) is 0 Å². The van der Waals surface area contributed by atoms with Gasteiger partial charge in [0.2, 0.25) is 9.76 Å². The molecule has 2 nitrogen and oxygen atoms in total. The molecule has 0 N–H and O–H groups in total. The smallest absolute Gasteiger partial charge is 0.212 e. The monoisotopic (exact) mass is 160 g/mol. The molecule has 0 heterocycles. The van der Waals surface area contributed by atoms with E-state index in [0.29, 0.717) is 0 Å². The van der Waals surface area contributed by atoms with Crippen LogP contribution in [-0.2, 0) is 9.46 Å². The summed E-state index contributed by atoms with van der Waals surface area (Å²) in [7, 11) is -0.509. The van der Waals surface area contributed by atoms with Crippen molar-refractivity contribution >= 4 is 9.76 Å². The second-order valence-corrected chi connectivity index (χ2v) is 4.32. The van der Waals surface area contributed by atoms with Crippen molar-refractivity contribution in [1.29, 1.82) is 0 Å². The van der Waals surface area contributed by atoms with E-state index >= 15 is 0 Å². The van der Waals surface area contributed by atoms with Crippen molar-refractivity contribution < 1.29 is 9.46 Å². The molecule has 0 aliphatic carbocycles. The minimum absolute atomic E-state index is 0.172. The molecule has 0 atom stereocenters. The van der Waals surface area contributed by atoms with Gasteiger partial charge in [-0.25, -0.2) is 4.89 Å². The van der Waals surface area contributed by atoms with Gasteiger partial charge >= 0.3 is 0 Å². The standard InChI is InChI=1S/C7H16O2Si/c1-5-6-10-9-8-7(2,3)4/h5H,1,6,10H2,2-4H3. The van der Waals surface area contributed by atoms with Crippen molar-refractivity contribution in [2.75, 3.05) is 0 Å². The van der Waals surface area contributed by atoms with Crippen LogP contribution in [0.5, 0.6) is 0 Å². The first-order chi connectivity index (χ1) is 4.56. The summed E-state index contributed by atoms with van der Waals surface area (Å²) in [6.07, 6.45) is 1.86. The van der Waals surface area contributed by atoms with Crippen molar-refractivity contribution in [1.82, 2.24) is 0 Å². The summed E-state index contributed by atoms with van der Waals surface area (Å²) in [4.78, 5) is 5.05. The summed E-state index contributed by atoms with van der Waals surface area (Å²) in [6.45, 7) is 9.50. The molecule has 0 aromatic heterocycles. The van der Waals surface area contributed by atoms with Gasteiger partial charge in [-0.15, -0.1) is 6.58 Å². The van der Waals surface area contributed by atoms with E-state index in [-0.39, 0.29) is 5.60 Å². The summed E-state index contributed by atoms with van der Waals surface area (Å²) >= 11 is 0. The first-order valence-electron chi connectivity index (χ1n) is 3.48. The van der Waals surface area contributed by atoms with E-state index in [1.165, 1.54) is 0 Å². The van der Waals surface area contributed by atoms with Gasteiger partial charge in [-0.1, -0.05) is 6.08 Å². The molecule has 0 rings (SSSR count). The van der Waals surface area contributed by atoms with Crippen molar-refractivity contribution in [3.05, 3.63) is 12.7 Å². The lowest BCUT2D eigenvalue weighted by atomic mass is 10.2. The van der Waals surface area contributed by atoms with Crippen molar-refractivity contribution in [2.45, 2.75) is 32.4 Å². The molecule has 0 fully saturated rings. The maximum atomic E-state index is 5.05. The van der Waals surface area contributed by atoms with Gasteiger partial charge in [-0.2, -0.15) is 0 Å². The highest BCUT2D eigenvalue weighted by Gasteiger charge is 2.10. The van der Waals surface area contributed by atoms with Gasteiger partial charge in [0.1, 0.15) is 0 Å². The van der Waals surface area contributed by atoms with E-state index in [1.54, 1.807) is 0 Å². The van der Waals surface area contributed by atoms with E-state index in [9.17, 15) is 0 Å². The first kappa shape index (κ1) is 9.88. The van der Waals surface area contributed by atoms with Crippen LogP contribution in [-0.4, -0.2) is 15.4 Å². The molecule has 10 heavy (non-hydrogen) atoms. The zero-order valence-electron chi connectivity index (χ0n) is 7.02. The molecule has 0 saturated heterocycles. The fourth-order valence-corrected chi connectivity index (χ4v) is 1.05. The van der Waals surface area contributed by atoms with E-state index in [1.807, 2.05) is 26.8 Å². The zero-order chi connectivity index (χ0) is 8.04. The highest BCUT2D eigenvalue weighted by Crippen LogP contribution is 2.06. The third-order valence-electron chi connectivity index (χ3n) is 0.714. The number of hydrogen-bond acceptors (Lipinski definition) is 2. The summed E-state index contributed by atoms with van der Waals surface area (Å²) in [6, 6.07) is 0.968. The topological polar surface area (TPSA) is 18.5 Å². The predicted molar refractivity (Wildman–Crippen MR) is 45.5 cm³/mol. The first-order valence-corrected chi connectivity index (χ1v) is 5.05. The molecule has 0 aliphatic heterocycles. The maximum absolute atomic E-state index is 5.05. The lowest BCUT2D eigenvalue weighted by molar-refractivity contribution is -0.276. The average Bonchev–Trinajstić information content (AvgIpc) is 1.78. The lowest BCUT2D eigenvalue weighted by Crippen LogP contribution is -2.20. The Morgan fingerprint density at radius 1 is 1.50 bits per heavy atom. The molecule has 0 unspecified atom stereocenters. The van der Waals surface area contributed by atoms with Crippen molar-refractivity contribution in [3.8, 4) is 0 Å². The third kappa shape index (κ3) is 7.88. The molecule has 0 aromatic rings. The summed E-state index contributed by atoms with van der Waals surface area (Å²) in [5, 5.41) is 0. The molecule has 0 amide bonds. The Morgan fingerprint density at radius 2 is 2.10 bits per heavy atom. The van der Waals surface area contributed by atoms with E-state index in [0.717, 1.165) is 6.04 Å². The molecule has 0 aliphatic rings. The Hall–Kier alpha value is -0.123. The molecule has 3 heteroatoms. The Balaban J connectivity index is 3.12. The molecular weight excluding hydrogens is 144 g/mol. The van der Waals surface area contributed by atoms with Gasteiger partial charge < -0.3 is 0 Å². The lowest BCUT2D eigenvalue weighted by Gasteiger charge is -2.17. The van der Waals surface area contributed by atoms with Gasteiger partial charge in [-0.05, 0) is 26.8 Å². The second kappa shape index (κ2) is 4.66. The van der Waals surface area contributed by atoms with E-state index in [2.05, 4.69) is 6.58 Å². The fraction of sp³-hybridized carbons (Fsp3) is 0.714. The van der Waals surface area contributed by atoms with Crippen LogP contribution in [0.3, 0.4) is 0 Å². The fourth-order valence-electron chi connectivity index (χ4n) is 0.350. The molecule has 0 bridgehead atoms. The second-order valence-electron chi connectivity index (χ2n) is 3.10. The quantitative estimate of drug-likeness (QED) is 0.204. The highest BCUT2D eigenvalue weighted by molar-refractivity contribution is 6.27. The predicted octanol–water partition coefficient (Wildman–Crippen LogP) is 1.42. The number of allylic oxidation sites excluding steroid dienone is 1. The summed E-state index contributed by atoms with van der Waals surface area (Å²) < 4.78 is 5.01. The van der Waals surface area contributed by atoms with Gasteiger partial charge in [0.25, 0.3) is 0 Å². The van der Waals surface area contributed by atoms with Crippen molar-refractivity contribution in [2.24, 2.45) is 0 Å². The van der Waals surface area contributed by atoms with Gasteiger partial charge in [0.05, 0.1) is 5.60 Å². The minimum atomic E-state index is -0.509. The Labute approximate surface area is 65.1 Å².